The standard InChI is InChI=1S/C16H20N2O4S/c1-17-5-3-4-10(8-17)9-18(2)14-7-12-13(23-14)6-11(15(19)20)16(21)22-12/h6-7,10H,3-5,8-9H2,1-2H3,(H,19,20). The second-order valence-electron chi connectivity index (χ2n) is 6.22. The second kappa shape index (κ2) is 6.33. The molecule has 1 aliphatic heterocycles. The lowest BCUT2D eigenvalue weighted by molar-refractivity contribution is 0.0692. The van der Waals surface area contributed by atoms with Crippen LogP contribution in [0.15, 0.2) is 21.3 Å². The summed E-state index contributed by atoms with van der Waals surface area (Å²) in [6.45, 7) is 3.19. The molecule has 0 aliphatic carbocycles. The molecule has 0 spiro atoms. The Hall–Kier alpha value is -1.86. The van der Waals surface area contributed by atoms with Gasteiger partial charge in [-0.05, 0) is 38.4 Å². The minimum Gasteiger partial charge on any atom is -0.477 e. The van der Waals surface area contributed by atoms with Gasteiger partial charge in [0.1, 0.15) is 5.56 Å². The number of rotatable bonds is 4. The summed E-state index contributed by atoms with van der Waals surface area (Å²) in [4.78, 5) is 27.2. The third kappa shape index (κ3) is 3.40. The molecule has 0 bridgehead atoms. The van der Waals surface area contributed by atoms with Gasteiger partial charge < -0.3 is 19.3 Å². The summed E-state index contributed by atoms with van der Waals surface area (Å²) in [5.74, 6) is -0.639. The van der Waals surface area contributed by atoms with Crippen LogP contribution in [0.25, 0.3) is 10.3 Å². The van der Waals surface area contributed by atoms with Crippen molar-refractivity contribution in [1.29, 1.82) is 0 Å². The molecule has 6 nitrogen and oxygen atoms in total. The van der Waals surface area contributed by atoms with Crippen LogP contribution >= 0.6 is 11.3 Å². The van der Waals surface area contributed by atoms with Crippen molar-refractivity contribution in [1.82, 2.24) is 4.90 Å². The second-order valence-corrected chi connectivity index (χ2v) is 7.28. The molecule has 0 saturated carbocycles. The van der Waals surface area contributed by atoms with E-state index in [1.807, 2.05) is 13.1 Å². The highest BCUT2D eigenvalue weighted by Crippen LogP contribution is 2.32. The average molecular weight is 336 g/mol. The summed E-state index contributed by atoms with van der Waals surface area (Å²) in [7, 11) is 4.17. The monoisotopic (exact) mass is 336 g/mol. The van der Waals surface area contributed by atoms with Gasteiger partial charge in [0, 0.05) is 26.2 Å². The van der Waals surface area contributed by atoms with E-state index in [0.29, 0.717) is 16.2 Å². The summed E-state index contributed by atoms with van der Waals surface area (Å²) in [6, 6.07) is 3.22. The van der Waals surface area contributed by atoms with E-state index >= 15 is 0 Å². The van der Waals surface area contributed by atoms with Crippen molar-refractivity contribution < 1.29 is 14.3 Å². The van der Waals surface area contributed by atoms with Crippen LogP contribution in [0.4, 0.5) is 5.00 Å². The molecule has 23 heavy (non-hydrogen) atoms. The molecule has 1 aliphatic rings. The highest BCUT2D eigenvalue weighted by molar-refractivity contribution is 7.22. The maximum atomic E-state index is 11.6. The smallest absolute Gasteiger partial charge is 0.351 e. The molecule has 0 amide bonds. The predicted molar refractivity (Wildman–Crippen MR) is 90.8 cm³/mol. The Kier molecular flexibility index (Phi) is 4.41. The molecule has 1 saturated heterocycles. The van der Waals surface area contributed by atoms with Gasteiger partial charge >= 0.3 is 11.6 Å². The lowest BCUT2D eigenvalue weighted by atomic mass is 9.98. The SMILES string of the molecule is CN1CCCC(CN(C)c2cc3oc(=O)c(C(=O)O)cc3s2)C1. The Morgan fingerprint density at radius 1 is 1.52 bits per heavy atom. The fraction of sp³-hybridized carbons (Fsp3) is 0.500. The van der Waals surface area contributed by atoms with Gasteiger partial charge in [0.05, 0.1) is 9.70 Å². The molecule has 0 radical (unpaired) electrons. The van der Waals surface area contributed by atoms with Crippen LogP contribution in [-0.2, 0) is 0 Å². The maximum absolute atomic E-state index is 11.6. The number of hydrogen-bond acceptors (Lipinski definition) is 6. The zero-order valence-corrected chi connectivity index (χ0v) is 14.1. The van der Waals surface area contributed by atoms with Crippen LogP contribution in [0.2, 0.25) is 0 Å². The highest BCUT2D eigenvalue weighted by atomic mass is 32.1. The first kappa shape index (κ1) is 16.0. The van der Waals surface area contributed by atoms with Crippen molar-refractivity contribution in [3.8, 4) is 0 Å². The molecular weight excluding hydrogens is 316 g/mol. The summed E-state index contributed by atoms with van der Waals surface area (Å²) in [5, 5.41) is 10.00. The molecule has 124 valence electrons. The van der Waals surface area contributed by atoms with Gasteiger partial charge in [-0.25, -0.2) is 9.59 Å². The average Bonchev–Trinajstić information content (AvgIpc) is 2.89. The van der Waals surface area contributed by atoms with Crippen molar-refractivity contribution in [3.05, 3.63) is 28.1 Å². The lowest BCUT2D eigenvalue weighted by Crippen LogP contribution is -2.37. The summed E-state index contributed by atoms with van der Waals surface area (Å²) in [6.07, 6.45) is 2.44. The summed E-state index contributed by atoms with van der Waals surface area (Å²) >= 11 is 1.45. The van der Waals surface area contributed by atoms with E-state index < -0.39 is 11.6 Å². The van der Waals surface area contributed by atoms with Crippen LogP contribution in [0.5, 0.6) is 0 Å². The number of aromatic carboxylic acids is 1. The summed E-state index contributed by atoms with van der Waals surface area (Å²) < 4.78 is 5.82. The molecule has 1 fully saturated rings. The molecule has 3 rings (SSSR count). The third-order valence-electron chi connectivity index (χ3n) is 4.27. The van der Waals surface area contributed by atoms with Crippen LogP contribution in [0.3, 0.4) is 0 Å². The highest BCUT2D eigenvalue weighted by Gasteiger charge is 2.20. The van der Waals surface area contributed by atoms with E-state index in [4.69, 9.17) is 9.52 Å². The molecule has 0 aromatic carbocycles. The van der Waals surface area contributed by atoms with Gasteiger partial charge in [-0.2, -0.15) is 0 Å². The molecule has 3 heterocycles. The van der Waals surface area contributed by atoms with Gasteiger partial charge in [0.25, 0.3) is 0 Å². The van der Waals surface area contributed by atoms with Crippen molar-refractivity contribution >= 4 is 32.6 Å². The van der Waals surface area contributed by atoms with Crippen LogP contribution < -0.4 is 10.5 Å². The molecular formula is C16H20N2O4S. The number of anilines is 1. The molecule has 1 unspecified atom stereocenters. The number of hydrogen-bond donors (Lipinski definition) is 1. The number of carboxylic acids is 1. The van der Waals surface area contributed by atoms with Gasteiger partial charge in [-0.3, -0.25) is 0 Å². The van der Waals surface area contributed by atoms with E-state index in [1.54, 1.807) is 0 Å². The first-order valence-corrected chi connectivity index (χ1v) is 8.46. The van der Waals surface area contributed by atoms with E-state index in [1.165, 1.54) is 30.2 Å². The first-order chi connectivity index (χ1) is 10.9. The Balaban J connectivity index is 1.82. The van der Waals surface area contributed by atoms with E-state index in [0.717, 1.165) is 24.6 Å². The van der Waals surface area contributed by atoms with Crippen LogP contribution in [-0.4, -0.2) is 49.7 Å². The maximum Gasteiger partial charge on any atom is 0.351 e. The van der Waals surface area contributed by atoms with Crippen LogP contribution in [0.1, 0.15) is 23.2 Å². The normalized spacial score (nSPS) is 19.1. The quantitative estimate of drug-likeness (QED) is 0.924. The lowest BCUT2D eigenvalue weighted by Gasteiger charge is -2.32. The fourth-order valence-corrected chi connectivity index (χ4v) is 4.14. The third-order valence-corrected chi connectivity index (χ3v) is 5.45. The first-order valence-electron chi connectivity index (χ1n) is 7.64. The van der Waals surface area contributed by atoms with Crippen LogP contribution in [0, 0.1) is 5.92 Å². The Morgan fingerprint density at radius 2 is 2.30 bits per heavy atom. The topological polar surface area (TPSA) is 74.0 Å². The van der Waals surface area contributed by atoms with Gasteiger partial charge in [0.15, 0.2) is 5.58 Å². The van der Waals surface area contributed by atoms with Crippen molar-refractivity contribution in [2.45, 2.75) is 12.8 Å². The molecule has 2 aromatic heterocycles. The van der Waals surface area contributed by atoms with Gasteiger partial charge in [-0.1, -0.05) is 0 Å². The summed E-state index contributed by atoms with van der Waals surface area (Å²) in [5.41, 5.74) is -0.666. The Bertz CT molecular complexity index is 782. The predicted octanol–water partition coefficient (Wildman–Crippen LogP) is 2.33. The number of likely N-dealkylation sites (tertiary alicyclic amines) is 1. The Labute approximate surface area is 137 Å². The van der Waals surface area contributed by atoms with E-state index in [9.17, 15) is 9.59 Å². The molecule has 2 aromatic rings. The number of piperidine rings is 1. The number of thiophene rings is 1. The largest absolute Gasteiger partial charge is 0.477 e. The number of carbonyl (C=O) groups is 1. The molecule has 1 atom stereocenters. The van der Waals surface area contributed by atoms with E-state index in [-0.39, 0.29) is 5.56 Å². The Morgan fingerprint density at radius 3 is 3.00 bits per heavy atom. The molecule has 1 N–H and O–H groups in total. The number of fused-ring (bicyclic) bond motifs is 1. The van der Waals surface area contributed by atoms with Crippen molar-refractivity contribution in [3.63, 3.8) is 0 Å². The van der Waals surface area contributed by atoms with Crippen molar-refractivity contribution in [2.75, 3.05) is 38.6 Å². The molecule has 7 heteroatoms. The zero-order chi connectivity index (χ0) is 16.6. The minimum atomic E-state index is -1.26. The van der Waals surface area contributed by atoms with Crippen molar-refractivity contribution in [2.24, 2.45) is 5.92 Å². The minimum absolute atomic E-state index is 0.317. The number of carboxylic acid groups (broad SMARTS) is 1. The zero-order valence-electron chi connectivity index (χ0n) is 13.2. The van der Waals surface area contributed by atoms with Gasteiger partial charge in [0.2, 0.25) is 0 Å². The van der Waals surface area contributed by atoms with E-state index in [2.05, 4.69) is 16.8 Å². The van der Waals surface area contributed by atoms with Gasteiger partial charge in [-0.15, -0.1) is 11.3 Å². The number of nitrogens with zero attached hydrogens (tertiary/aromatic N) is 2. The fourth-order valence-electron chi connectivity index (χ4n) is 3.14.